The second kappa shape index (κ2) is 7.54. The van der Waals surface area contributed by atoms with Gasteiger partial charge in [0.25, 0.3) is 0 Å². The van der Waals surface area contributed by atoms with Crippen molar-refractivity contribution in [1.29, 1.82) is 0 Å². The molecule has 2 rings (SSSR count). The lowest BCUT2D eigenvalue weighted by molar-refractivity contribution is 0.101. The Balaban J connectivity index is 1.70. The number of anilines is 1. The number of Topliss-reactive ketones (excluding diaryl/α,β-unsaturated/α-hetero) is 1. The molecule has 1 heterocycles. The molecule has 0 saturated carbocycles. The largest absolute Gasteiger partial charge is 0.362 e. The van der Waals surface area contributed by atoms with Gasteiger partial charge < -0.3 is 15.6 Å². The molecule has 0 aliphatic carbocycles. The number of ketones is 1. The number of carbonyl (C=O) groups is 1. The normalized spacial score (nSPS) is 10.1. The number of imidazole rings is 1. The second-order valence-electron chi connectivity index (χ2n) is 4.65. The molecule has 0 bridgehead atoms. The molecule has 0 unspecified atom stereocenters. The maximum Gasteiger partial charge on any atom is 0.170 e. The minimum atomic E-state index is 0.0557. The molecule has 21 heavy (non-hydrogen) atoms. The van der Waals surface area contributed by atoms with Crippen LogP contribution in [0, 0.1) is 0 Å². The molecule has 0 aliphatic rings. The number of benzene rings is 1. The summed E-state index contributed by atoms with van der Waals surface area (Å²) in [6.45, 7) is 2.33. The van der Waals surface area contributed by atoms with Gasteiger partial charge in [0.2, 0.25) is 0 Å². The van der Waals surface area contributed by atoms with E-state index in [1.165, 1.54) is 0 Å². The Morgan fingerprint density at radius 3 is 2.71 bits per heavy atom. The van der Waals surface area contributed by atoms with Crippen molar-refractivity contribution in [1.82, 2.24) is 15.3 Å². The molecular weight excluding hydrogens is 284 g/mol. The third-order valence-corrected chi connectivity index (χ3v) is 3.23. The van der Waals surface area contributed by atoms with E-state index < -0.39 is 0 Å². The lowest BCUT2D eigenvalue weighted by Crippen LogP contribution is -2.29. The van der Waals surface area contributed by atoms with Crippen LogP contribution in [0.25, 0.3) is 0 Å². The van der Waals surface area contributed by atoms with Gasteiger partial charge in [-0.05, 0) is 49.8 Å². The predicted molar refractivity (Wildman–Crippen MR) is 87.6 cm³/mol. The minimum absolute atomic E-state index is 0.0557. The number of aromatic amines is 1. The molecule has 0 aliphatic heterocycles. The first-order chi connectivity index (χ1) is 10.1. The number of aryl methyl sites for hydroxylation is 1. The van der Waals surface area contributed by atoms with Crippen LogP contribution < -0.4 is 10.6 Å². The summed E-state index contributed by atoms with van der Waals surface area (Å²) in [4.78, 5) is 18.4. The van der Waals surface area contributed by atoms with Gasteiger partial charge in [0.05, 0.1) is 0 Å². The van der Waals surface area contributed by atoms with Crippen molar-refractivity contribution in [3.05, 3.63) is 48.0 Å². The van der Waals surface area contributed by atoms with E-state index in [1.807, 2.05) is 18.3 Å². The summed E-state index contributed by atoms with van der Waals surface area (Å²) in [6, 6.07) is 7.25. The fourth-order valence-electron chi connectivity index (χ4n) is 1.86. The lowest BCUT2D eigenvalue weighted by atomic mass is 10.1. The molecule has 0 fully saturated rings. The molecule has 6 heteroatoms. The topological polar surface area (TPSA) is 69.8 Å². The van der Waals surface area contributed by atoms with Crippen LogP contribution in [-0.4, -0.2) is 27.4 Å². The zero-order valence-electron chi connectivity index (χ0n) is 11.8. The van der Waals surface area contributed by atoms with E-state index in [0.29, 0.717) is 10.7 Å². The number of H-pyrrole nitrogens is 1. The van der Waals surface area contributed by atoms with E-state index in [0.717, 1.165) is 30.9 Å². The fraction of sp³-hybridized carbons (Fsp3) is 0.267. The van der Waals surface area contributed by atoms with Crippen LogP contribution >= 0.6 is 12.2 Å². The van der Waals surface area contributed by atoms with Crippen molar-refractivity contribution in [2.24, 2.45) is 0 Å². The van der Waals surface area contributed by atoms with Crippen LogP contribution in [0.15, 0.2) is 36.7 Å². The molecule has 0 saturated heterocycles. The highest BCUT2D eigenvalue weighted by Crippen LogP contribution is 2.09. The van der Waals surface area contributed by atoms with Gasteiger partial charge in [0.15, 0.2) is 10.9 Å². The Kier molecular flexibility index (Phi) is 5.45. The Labute approximate surface area is 129 Å². The first kappa shape index (κ1) is 15.2. The Morgan fingerprint density at radius 2 is 2.10 bits per heavy atom. The summed E-state index contributed by atoms with van der Waals surface area (Å²) in [7, 11) is 0. The number of hydrogen-bond acceptors (Lipinski definition) is 3. The van der Waals surface area contributed by atoms with Crippen LogP contribution in [-0.2, 0) is 6.42 Å². The molecule has 0 atom stereocenters. The number of carbonyl (C=O) groups excluding carboxylic acids is 1. The van der Waals surface area contributed by atoms with Crippen LogP contribution in [0.3, 0.4) is 0 Å². The van der Waals surface area contributed by atoms with Crippen molar-refractivity contribution in [3.63, 3.8) is 0 Å². The molecule has 0 radical (unpaired) electrons. The molecular formula is C15H18N4OS. The zero-order chi connectivity index (χ0) is 15.1. The van der Waals surface area contributed by atoms with E-state index >= 15 is 0 Å². The van der Waals surface area contributed by atoms with Crippen LogP contribution in [0.4, 0.5) is 5.69 Å². The highest BCUT2D eigenvalue weighted by Gasteiger charge is 2.01. The number of rotatable bonds is 6. The van der Waals surface area contributed by atoms with Crippen molar-refractivity contribution in [2.45, 2.75) is 19.8 Å². The van der Waals surface area contributed by atoms with Crippen LogP contribution in [0.5, 0.6) is 0 Å². The Morgan fingerprint density at radius 1 is 1.33 bits per heavy atom. The Bertz CT molecular complexity index is 593. The molecule has 5 nitrogen and oxygen atoms in total. The summed E-state index contributed by atoms with van der Waals surface area (Å²) >= 11 is 5.22. The second-order valence-corrected chi connectivity index (χ2v) is 5.06. The van der Waals surface area contributed by atoms with Crippen LogP contribution in [0.1, 0.15) is 29.5 Å². The predicted octanol–water partition coefficient (Wildman–Crippen LogP) is 2.53. The summed E-state index contributed by atoms with van der Waals surface area (Å²) in [5, 5.41) is 6.80. The highest BCUT2D eigenvalue weighted by molar-refractivity contribution is 7.80. The van der Waals surface area contributed by atoms with Crippen molar-refractivity contribution < 1.29 is 4.79 Å². The van der Waals surface area contributed by atoms with Gasteiger partial charge in [-0.15, -0.1) is 0 Å². The maximum atomic E-state index is 11.2. The molecule has 0 amide bonds. The highest BCUT2D eigenvalue weighted by atomic mass is 32.1. The van der Waals surface area contributed by atoms with Gasteiger partial charge in [-0.3, -0.25) is 4.79 Å². The number of nitrogens with one attached hydrogen (secondary N) is 3. The summed E-state index contributed by atoms with van der Waals surface area (Å²) in [5.41, 5.74) is 1.56. The molecule has 0 spiro atoms. The van der Waals surface area contributed by atoms with Crippen molar-refractivity contribution in [3.8, 4) is 0 Å². The molecule has 2 aromatic rings. The maximum absolute atomic E-state index is 11.2. The molecule has 3 N–H and O–H groups in total. The third kappa shape index (κ3) is 5.00. The van der Waals surface area contributed by atoms with Crippen molar-refractivity contribution in [2.75, 3.05) is 11.9 Å². The van der Waals surface area contributed by atoms with E-state index in [4.69, 9.17) is 12.2 Å². The average Bonchev–Trinajstić information content (AvgIpc) is 2.97. The van der Waals surface area contributed by atoms with Gasteiger partial charge in [0.1, 0.15) is 5.82 Å². The summed E-state index contributed by atoms with van der Waals surface area (Å²) < 4.78 is 0. The van der Waals surface area contributed by atoms with Crippen LogP contribution in [0.2, 0.25) is 0 Å². The lowest BCUT2D eigenvalue weighted by Gasteiger charge is -2.10. The monoisotopic (exact) mass is 302 g/mol. The van der Waals surface area contributed by atoms with E-state index in [9.17, 15) is 4.79 Å². The smallest absolute Gasteiger partial charge is 0.170 e. The number of thiocarbonyl (C=S) groups is 1. The molecule has 1 aromatic carbocycles. The number of aromatic nitrogens is 2. The third-order valence-electron chi connectivity index (χ3n) is 2.98. The standard InChI is InChI=1S/C15H18N4OS/c1-11(20)12-4-6-13(7-5-12)19-15(21)18-8-2-3-14-16-9-10-17-14/h4-7,9-10H,2-3,8H2,1H3,(H,16,17)(H2,18,19,21). The molecule has 1 aromatic heterocycles. The van der Waals surface area contributed by atoms with Gasteiger partial charge in [-0.25, -0.2) is 4.98 Å². The van der Waals surface area contributed by atoms with Gasteiger partial charge in [-0.2, -0.15) is 0 Å². The van der Waals surface area contributed by atoms with E-state index in [1.54, 1.807) is 25.3 Å². The van der Waals surface area contributed by atoms with Crippen molar-refractivity contribution >= 4 is 28.8 Å². The van der Waals surface area contributed by atoms with Gasteiger partial charge in [-0.1, -0.05) is 0 Å². The SMILES string of the molecule is CC(=O)c1ccc(NC(=S)NCCCc2ncc[nH]2)cc1. The quantitative estimate of drug-likeness (QED) is 0.434. The number of nitrogens with zero attached hydrogens (tertiary/aromatic N) is 1. The Hall–Kier alpha value is -2.21. The van der Waals surface area contributed by atoms with E-state index in [-0.39, 0.29) is 5.78 Å². The van der Waals surface area contributed by atoms with Gasteiger partial charge >= 0.3 is 0 Å². The average molecular weight is 302 g/mol. The molecule has 110 valence electrons. The minimum Gasteiger partial charge on any atom is -0.362 e. The summed E-state index contributed by atoms with van der Waals surface area (Å²) in [6.07, 6.45) is 5.40. The first-order valence-corrected chi connectivity index (χ1v) is 7.20. The first-order valence-electron chi connectivity index (χ1n) is 6.79. The zero-order valence-corrected chi connectivity index (χ0v) is 12.7. The fourth-order valence-corrected chi connectivity index (χ4v) is 2.08. The van der Waals surface area contributed by atoms with E-state index in [2.05, 4.69) is 20.6 Å². The number of hydrogen-bond donors (Lipinski definition) is 3. The summed E-state index contributed by atoms with van der Waals surface area (Å²) in [5.74, 6) is 1.04. The van der Waals surface area contributed by atoms with Gasteiger partial charge in [0, 0.05) is 36.6 Å².